The predicted octanol–water partition coefficient (Wildman–Crippen LogP) is 4.40. The van der Waals surface area contributed by atoms with Gasteiger partial charge >= 0.3 is 0 Å². The lowest BCUT2D eigenvalue weighted by molar-refractivity contribution is 0.0957. The molecule has 0 aliphatic heterocycles. The quantitative estimate of drug-likeness (QED) is 0.438. The van der Waals surface area contributed by atoms with Gasteiger partial charge in [0.05, 0.1) is 11.9 Å². The summed E-state index contributed by atoms with van der Waals surface area (Å²) in [6.07, 6.45) is 7.19. The number of aryl methyl sites for hydroxylation is 1. The minimum atomic E-state index is -0.258. The summed E-state index contributed by atoms with van der Waals surface area (Å²) in [7, 11) is 1.57. The monoisotopic (exact) mass is 464 g/mol. The summed E-state index contributed by atoms with van der Waals surface area (Å²) in [6, 6.07) is 14.8. The van der Waals surface area contributed by atoms with Crippen LogP contribution in [0.15, 0.2) is 67.1 Å². The Morgan fingerprint density at radius 3 is 2.54 bits per heavy atom. The number of amides is 2. The van der Waals surface area contributed by atoms with Gasteiger partial charge in [0.2, 0.25) is 0 Å². The van der Waals surface area contributed by atoms with Crippen LogP contribution in [-0.4, -0.2) is 39.0 Å². The molecule has 8 heteroatoms. The molecular weight excluding hydrogens is 440 g/mol. The highest BCUT2D eigenvalue weighted by atomic mass is 16.2. The molecule has 0 atom stereocenters. The van der Waals surface area contributed by atoms with Gasteiger partial charge in [0.1, 0.15) is 5.69 Å². The lowest BCUT2D eigenvalue weighted by Crippen LogP contribution is -2.19. The van der Waals surface area contributed by atoms with Gasteiger partial charge in [0, 0.05) is 53.4 Å². The van der Waals surface area contributed by atoms with E-state index in [1.54, 1.807) is 37.8 Å². The van der Waals surface area contributed by atoms with Crippen LogP contribution >= 0.6 is 0 Å². The van der Waals surface area contributed by atoms with Gasteiger partial charge in [-0.3, -0.25) is 19.6 Å². The minimum absolute atomic E-state index is 0.178. The van der Waals surface area contributed by atoms with Crippen molar-refractivity contribution in [3.05, 3.63) is 89.6 Å². The molecule has 0 spiro atoms. The van der Waals surface area contributed by atoms with Crippen molar-refractivity contribution < 1.29 is 9.59 Å². The third-order valence-corrected chi connectivity index (χ3v) is 6.02. The lowest BCUT2D eigenvalue weighted by Gasteiger charge is -2.11. The molecule has 0 radical (unpaired) electrons. The van der Waals surface area contributed by atoms with Gasteiger partial charge in [0.15, 0.2) is 0 Å². The van der Waals surface area contributed by atoms with Gasteiger partial charge in [-0.1, -0.05) is 6.07 Å². The van der Waals surface area contributed by atoms with E-state index in [4.69, 9.17) is 0 Å². The highest BCUT2D eigenvalue weighted by molar-refractivity contribution is 6.04. The van der Waals surface area contributed by atoms with Crippen LogP contribution in [0.5, 0.6) is 0 Å². The molecule has 1 aromatic carbocycles. The zero-order valence-corrected chi connectivity index (χ0v) is 19.4. The number of nitrogens with one attached hydrogen (secondary N) is 2. The van der Waals surface area contributed by atoms with Gasteiger partial charge in [-0.2, -0.15) is 10.2 Å². The molecule has 2 N–H and O–H groups in total. The summed E-state index contributed by atoms with van der Waals surface area (Å²) in [5.74, 6) is 0.0432. The van der Waals surface area contributed by atoms with E-state index >= 15 is 0 Å². The Morgan fingerprint density at radius 1 is 0.914 bits per heavy atom. The van der Waals surface area contributed by atoms with Crippen molar-refractivity contribution in [3.63, 3.8) is 0 Å². The van der Waals surface area contributed by atoms with E-state index in [0.29, 0.717) is 28.6 Å². The fourth-order valence-corrected chi connectivity index (χ4v) is 3.89. The molecule has 1 fully saturated rings. The Balaban J connectivity index is 1.42. The fraction of sp³-hybridized carbons (Fsp3) is 0.185. The van der Waals surface area contributed by atoms with Crippen LogP contribution in [0.3, 0.4) is 0 Å². The summed E-state index contributed by atoms with van der Waals surface area (Å²) in [6.45, 7) is 1.98. The molecule has 0 bridgehead atoms. The molecule has 0 unspecified atom stereocenters. The van der Waals surface area contributed by atoms with Crippen LogP contribution in [-0.2, 0) is 0 Å². The Labute approximate surface area is 202 Å². The molecule has 174 valence electrons. The number of rotatable bonds is 6. The molecule has 5 rings (SSSR count). The number of carbonyl (C=O) groups is 2. The first-order chi connectivity index (χ1) is 17.0. The summed E-state index contributed by atoms with van der Waals surface area (Å²) in [4.78, 5) is 33.4. The number of hydrogen-bond donors (Lipinski definition) is 2. The van der Waals surface area contributed by atoms with E-state index in [2.05, 4.69) is 30.8 Å². The maximum atomic E-state index is 12.9. The van der Waals surface area contributed by atoms with Crippen LogP contribution in [0.25, 0.3) is 22.4 Å². The standard InChI is InChI=1S/C27H24N6O2/c1-16-3-6-21(32-26(34)19-8-10-29-23(12-19)17-4-5-17)14-22(16)24-13-20(15-31-33-24)18-7-9-30-25(11-18)27(35)28-2/h3,6-15,17H,4-5H2,1-2H3,(H,28,35)(H,32,34). The van der Waals surface area contributed by atoms with Crippen molar-refractivity contribution in [1.29, 1.82) is 0 Å². The second kappa shape index (κ2) is 9.42. The average Bonchev–Trinajstić information content (AvgIpc) is 3.75. The second-order valence-electron chi connectivity index (χ2n) is 8.57. The molecule has 1 aliphatic rings. The van der Waals surface area contributed by atoms with Crippen molar-refractivity contribution in [1.82, 2.24) is 25.5 Å². The number of hydrogen-bond acceptors (Lipinski definition) is 6. The van der Waals surface area contributed by atoms with Gasteiger partial charge in [-0.15, -0.1) is 0 Å². The van der Waals surface area contributed by atoms with E-state index in [-0.39, 0.29) is 11.8 Å². The zero-order chi connectivity index (χ0) is 24.4. The Kier molecular flexibility index (Phi) is 6.01. The normalized spacial score (nSPS) is 12.7. The third kappa shape index (κ3) is 4.91. The summed E-state index contributed by atoms with van der Waals surface area (Å²) < 4.78 is 0. The van der Waals surface area contributed by atoms with Crippen LogP contribution in [0.2, 0.25) is 0 Å². The first-order valence-corrected chi connectivity index (χ1v) is 11.4. The molecule has 1 aliphatic carbocycles. The van der Waals surface area contributed by atoms with E-state index in [1.165, 1.54) is 0 Å². The van der Waals surface area contributed by atoms with E-state index in [1.807, 2.05) is 43.3 Å². The van der Waals surface area contributed by atoms with Crippen molar-refractivity contribution >= 4 is 17.5 Å². The zero-order valence-electron chi connectivity index (χ0n) is 19.4. The first-order valence-electron chi connectivity index (χ1n) is 11.4. The Bertz CT molecular complexity index is 1430. The molecule has 3 heterocycles. The van der Waals surface area contributed by atoms with Crippen LogP contribution in [0, 0.1) is 6.92 Å². The van der Waals surface area contributed by atoms with Gasteiger partial charge in [-0.05, 0) is 73.4 Å². The maximum absolute atomic E-state index is 12.9. The Morgan fingerprint density at radius 2 is 1.74 bits per heavy atom. The first kappa shape index (κ1) is 22.3. The van der Waals surface area contributed by atoms with Crippen molar-refractivity contribution in [2.75, 3.05) is 12.4 Å². The third-order valence-electron chi connectivity index (χ3n) is 6.02. The van der Waals surface area contributed by atoms with E-state index in [0.717, 1.165) is 40.8 Å². The molecule has 3 aromatic heterocycles. The topological polar surface area (TPSA) is 110 Å². The highest BCUT2D eigenvalue weighted by Gasteiger charge is 2.25. The minimum Gasteiger partial charge on any atom is -0.354 e. The second-order valence-corrected chi connectivity index (χ2v) is 8.57. The summed E-state index contributed by atoms with van der Waals surface area (Å²) >= 11 is 0. The molecule has 2 amide bonds. The van der Waals surface area contributed by atoms with Crippen molar-refractivity contribution in [3.8, 4) is 22.4 Å². The van der Waals surface area contributed by atoms with Gasteiger partial charge in [0.25, 0.3) is 11.8 Å². The molecular formula is C27H24N6O2. The van der Waals surface area contributed by atoms with Crippen LogP contribution in [0.4, 0.5) is 5.69 Å². The van der Waals surface area contributed by atoms with Crippen LogP contribution < -0.4 is 10.6 Å². The Hall–Kier alpha value is -4.46. The number of benzene rings is 1. The van der Waals surface area contributed by atoms with Crippen molar-refractivity contribution in [2.24, 2.45) is 0 Å². The molecule has 0 saturated heterocycles. The molecule has 8 nitrogen and oxygen atoms in total. The number of nitrogens with zero attached hydrogens (tertiary/aromatic N) is 4. The average molecular weight is 465 g/mol. The highest BCUT2D eigenvalue weighted by Crippen LogP contribution is 2.39. The predicted molar refractivity (Wildman–Crippen MR) is 133 cm³/mol. The van der Waals surface area contributed by atoms with Gasteiger partial charge < -0.3 is 10.6 Å². The summed E-state index contributed by atoms with van der Waals surface area (Å²) in [5, 5.41) is 14.1. The molecule has 1 saturated carbocycles. The number of pyridine rings is 2. The largest absolute Gasteiger partial charge is 0.354 e. The number of anilines is 1. The van der Waals surface area contributed by atoms with E-state index < -0.39 is 0 Å². The smallest absolute Gasteiger partial charge is 0.269 e. The van der Waals surface area contributed by atoms with Crippen LogP contribution in [0.1, 0.15) is 50.9 Å². The molecule has 4 aromatic rings. The fourth-order valence-electron chi connectivity index (χ4n) is 3.89. The maximum Gasteiger partial charge on any atom is 0.269 e. The van der Waals surface area contributed by atoms with Crippen molar-refractivity contribution in [2.45, 2.75) is 25.7 Å². The SMILES string of the molecule is CNC(=O)c1cc(-c2cnnc(-c3cc(NC(=O)c4ccnc(C5CC5)c4)ccc3C)c2)ccn1. The lowest BCUT2D eigenvalue weighted by atomic mass is 10.0. The van der Waals surface area contributed by atoms with E-state index in [9.17, 15) is 9.59 Å². The summed E-state index contributed by atoms with van der Waals surface area (Å²) in [5.41, 5.74) is 6.68. The van der Waals surface area contributed by atoms with Gasteiger partial charge in [-0.25, -0.2) is 0 Å². The number of carbonyl (C=O) groups excluding carboxylic acids is 2. The molecule has 35 heavy (non-hydrogen) atoms. The number of aromatic nitrogens is 4.